The summed E-state index contributed by atoms with van der Waals surface area (Å²) in [5, 5.41) is 3.16. The minimum Gasteiger partial charge on any atom is -0.313 e. The number of hydrogen-bond donors (Lipinski definition) is 1. The predicted molar refractivity (Wildman–Crippen MR) is 62.4 cm³/mol. The van der Waals surface area contributed by atoms with Gasteiger partial charge in [-0.25, -0.2) is 4.39 Å². The molecule has 2 heteroatoms. The van der Waals surface area contributed by atoms with Gasteiger partial charge in [0, 0.05) is 6.04 Å². The van der Waals surface area contributed by atoms with Gasteiger partial charge in [0.15, 0.2) is 0 Å². The van der Waals surface area contributed by atoms with E-state index in [0.29, 0.717) is 5.92 Å². The summed E-state index contributed by atoms with van der Waals surface area (Å²) >= 11 is 0. The van der Waals surface area contributed by atoms with Crippen molar-refractivity contribution in [1.82, 2.24) is 5.32 Å². The first kappa shape index (κ1) is 12.2. The molecule has 1 aromatic carbocycles. The molecule has 1 atom stereocenters. The van der Waals surface area contributed by atoms with Crippen LogP contribution < -0.4 is 5.32 Å². The van der Waals surface area contributed by atoms with Gasteiger partial charge in [-0.1, -0.05) is 26.0 Å². The third kappa shape index (κ3) is 3.31. The van der Waals surface area contributed by atoms with Crippen molar-refractivity contribution in [2.24, 2.45) is 5.92 Å². The summed E-state index contributed by atoms with van der Waals surface area (Å²) in [5.74, 6) is 0.399. The molecule has 0 spiro atoms. The second kappa shape index (κ2) is 5.26. The lowest BCUT2D eigenvalue weighted by Gasteiger charge is -2.13. The van der Waals surface area contributed by atoms with Gasteiger partial charge in [-0.05, 0) is 43.5 Å². The van der Waals surface area contributed by atoms with Crippen LogP contribution in [-0.2, 0) is 6.42 Å². The molecule has 1 aromatic rings. The average molecular weight is 209 g/mol. The van der Waals surface area contributed by atoms with Gasteiger partial charge in [-0.2, -0.15) is 0 Å². The van der Waals surface area contributed by atoms with Crippen molar-refractivity contribution in [1.29, 1.82) is 0 Å². The van der Waals surface area contributed by atoms with Crippen molar-refractivity contribution in [3.63, 3.8) is 0 Å². The maximum absolute atomic E-state index is 13.5. The number of nitrogens with one attached hydrogen (secondary N) is 1. The molecule has 0 saturated carbocycles. The van der Waals surface area contributed by atoms with Crippen LogP contribution in [0.5, 0.6) is 0 Å². The fraction of sp³-hybridized carbons (Fsp3) is 0.538. The molecular weight excluding hydrogens is 189 g/mol. The van der Waals surface area contributed by atoms with Crippen LogP contribution in [0.2, 0.25) is 0 Å². The number of rotatable bonds is 4. The largest absolute Gasteiger partial charge is 0.313 e. The zero-order valence-corrected chi connectivity index (χ0v) is 9.97. The van der Waals surface area contributed by atoms with Crippen molar-refractivity contribution >= 4 is 0 Å². The topological polar surface area (TPSA) is 12.0 Å². The van der Waals surface area contributed by atoms with Crippen molar-refractivity contribution in [2.45, 2.75) is 33.2 Å². The third-order valence-corrected chi connectivity index (χ3v) is 2.63. The van der Waals surface area contributed by atoms with Crippen molar-refractivity contribution in [3.05, 3.63) is 35.1 Å². The average Bonchev–Trinajstić information content (AvgIpc) is 2.19. The van der Waals surface area contributed by atoms with E-state index in [9.17, 15) is 4.39 Å². The Morgan fingerprint density at radius 2 is 1.93 bits per heavy atom. The summed E-state index contributed by atoms with van der Waals surface area (Å²) in [4.78, 5) is 0. The molecule has 0 aliphatic heterocycles. The van der Waals surface area contributed by atoms with Gasteiger partial charge in [0.25, 0.3) is 0 Å². The summed E-state index contributed by atoms with van der Waals surface area (Å²) in [6.45, 7) is 6.29. The molecule has 0 radical (unpaired) electrons. The van der Waals surface area contributed by atoms with Crippen LogP contribution in [0.3, 0.4) is 0 Å². The molecule has 0 fully saturated rings. The molecule has 0 aromatic heterocycles. The molecule has 0 bridgehead atoms. The van der Waals surface area contributed by atoms with Crippen LogP contribution in [0.25, 0.3) is 0 Å². The Balaban J connectivity index is 2.94. The van der Waals surface area contributed by atoms with Crippen LogP contribution in [0.1, 0.15) is 37.9 Å². The Morgan fingerprint density at radius 1 is 1.27 bits per heavy atom. The van der Waals surface area contributed by atoms with Crippen LogP contribution >= 0.6 is 0 Å². The van der Waals surface area contributed by atoms with E-state index in [4.69, 9.17) is 0 Å². The van der Waals surface area contributed by atoms with Gasteiger partial charge in [-0.3, -0.25) is 0 Å². The third-order valence-electron chi connectivity index (χ3n) is 2.63. The van der Waals surface area contributed by atoms with Crippen LogP contribution in [0, 0.1) is 11.7 Å². The second-order valence-corrected chi connectivity index (χ2v) is 4.46. The van der Waals surface area contributed by atoms with E-state index in [2.05, 4.69) is 26.1 Å². The van der Waals surface area contributed by atoms with Crippen molar-refractivity contribution in [2.75, 3.05) is 7.05 Å². The van der Waals surface area contributed by atoms with Gasteiger partial charge in [0.2, 0.25) is 0 Å². The van der Waals surface area contributed by atoms with Crippen LogP contribution in [-0.4, -0.2) is 7.05 Å². The van der Waals surface area contributed by atoms with E-state index in [0.717, 1.165) is 17.5 Å². The molecule has 0 saturated heterocycles. The summed E-state index contributed by atoms with van der Waals surface area (Å²) in [6, 6.07) is 5.66. The first-order valence-electron chi connectivity index (χ1n) is 5.50. The Hall–Kier alpha value is -0.890. The Bertz CT molecular complexity index is 320. The molecule has 0 amide bonds. The number of benzene rings is 1. The zero-order chi connectivity index (χ0) is 11.4. The molecule has 1 N–H and O–H groups in total. The van der Waals surface area contributed by atoms with E-state index in [1.54, 1.807) is 6.07 Å². The minimum atomic E-state index is -0.0873. The molecular formula is C13H20FN. The van der Waals surface area contributed by atoms with Crippen molar-refractivity contribution in [3.8, 4) is 0 Å². The molecule has 1 rings (SSSR count). The van der Waals surface area contributed by atoms with E-state index in [1.807, 2.05) is 19.2 Å². The summed E-state index contributed by atoms with van der Waals surface area (Å²) in [7, 11) is 1.91. The highest BCUT2D eigenvalue weighted by Crippen LogP contribution is 2.19. The van der Waals surface area contributed by atoms with Crippen molar-refractivity contribution < 1.29 is 4.39 Å². The highest BCUT2D eigenvalue weighted by Gasteiger charge is 2.08. The first-order chi connectivity index (χ1) is 7.04. The normalized spacial score (nSPS) is 13.2. The lowest BCUT2D eigenvalue weighted by molar-refractivity contribution is 0.569. The smallest absolute Gasteiger partial charge is 0.126 e. The summed E-state index contributed by atoms with van der Waals surface area (Å²) < 4.78 is 13.5. The molecule has 0 heterocycles. The van der Waals surface area contributed by atoms with Crippen LogP contribution in [0.15, 0.2) is 18.2 Å². The van der Waals surface area contributed by atoms with Crippen LogP contribution in [0.4, 0.5) is 4.39 Å². The molecule has 1 unspecified atom stereocenters. The van der Waals surface area contributed by atoms with E-state index < -0.39 is 0 Å². The Morgan fingerprint density at radius 3 is 2.47 bits per heavy atom. The maximum Gasteiger partial charge on any atom is 0.126 e. The summed E-state index contributed by atoms with van der Waals surface area (Å²) in [6.07, 6.45) is 0.802. The standard InChI is InChI=1S/C13H20FN/c1-9(2)7-12-8-11(10(3)15-4)5-6-13(12)14/h5-6,8-10,15H,7H2,1-4H3. The van der Waals surface area contributed by atoms with E-state index in [1.165, 1.54) is 0 Å². The second-order valence-electron chi connectivity index (χ2n) is 4.46. The minimum absolute atomic E-state index is 0.0873. The molecule has 84 valence electrons. The lowest BCUT2D eigenvalue weighted by Crippen LogP contribution is -2.13. The Labute approximate surface area is 91.7 Å². The Kier molecular flexibility index (Phi) is 4.28. The van der Waals surface area contributed by atoms with E-state index >= 15 is 0 Å². The first-order valence-corrected chi connectivity index (χ1v) is 5.50. The number of halogens is 1. The highest BCUT2D eigenvalue weighted by molar-refractivity contribution is 5.27. The molecule has 15 heavy (non-hydrogen) atoms. The fourth-order valence-corrected chi connectivity index (χ4v) is 1.63. The SMILES string of the molecule is CNC(C)c1ccc(F)c(CC(C)C)c1. The monoisotopic (exact) mass is 209 g/mol. The van der Waals surface area contributed by atoms with Gasteiger partial charge in [0.1, 0.15) is 5.82 Å². The van der Waals surface area contributed by atoms with Gasteiger partial charge < -0.3 is 5.32 Å². The lowest BCUT2D eigenvalue weighted by atomic mass is 9.98. The van der Waals surface area contributed by atoms with E-state index in [-0.39, 0.29) is 11.9 Å². The number of hydrogen-bond acceptors (Lipinski definition) is 1. The van der Waals surface area contributed by atoms with Gasteiger partial charge in [0.05, 0.1) is 0 Å². The summed E-state index contributed by atoms with van der Waals surface area (Å²) in [5.41, 5.74) is 1.97. The molecule has 1 nitrogen and oxygen atoms in total. The fourth-order valence-electron chi connectivity index (χ4n) is 1.63. The van der Waals surface area contributed by atoms with Gasteiger partial charge >= 0.3 is 0 Å². The molecule has 0 aliphatic rings. The zero-order valence-electron chi connectivity index (χ0n) is 9.97. The highest BCUT2D eigenvalue weighted by atomic mass is 19.1. The van der Waals surface area contributed by atoms with Gasteiger partial charge in [-0.15, -0.1) is 0 Å². The predicted octanol–water partition coefficient (Wildman–Crippen LogP) is 3.30. The quantitative estimate of drug-likeness (QED) is 0.802. The molecule has 0 aliphatic carbocycles. The maximum atomic E-state index is 13.5.